The van der Waals surface area contributed by atoms with Crippen LogP contribution in [0.15, 0.2) is 48.5 Å². The highest BCUT2D eigenvalue weighted by Crippen LogP contribution is 2.21. The van der Waals surface area contributed by atoms with Crippen LogP contribution in [0.25, 0.3) is 0 Å². The first kappa shape index (κ1) is 19.0. The van der Waals surface area contributed by atoms with Gasteiger partial charge in [0.15, 0.2) is 0 Å². The van der Waals surface area contributed by atoms with Gasteiger partial charge in [0.2, 0.25) is 11.8 Å². The summed E-state index contributed by atoms with van der Waals surface area (Å²) in [5, 5.41) is 0. The quantitative estimate of drug-likeness (QED) is 0.790. The Bertz CT molecular complexity index is 820. The topological polar surface area (TPSA) is 49.9 Å². The van der Waals surface area contributed by atoms with Gasteiger partial charge in [0, 0.05) is 6.54 Å². The Balaban J connectivity index is 1.59. The van der Waals surface area contributed by atoms with Crippen LogP contribution in [0.1, 0.15) is 23.6 Å². The normalized spacial score (nSPS) is 17.4. The molecule has 0 saturated carbocycles. The Hall–Kier alpha value is -2.82. The number of rotatable bonds is 6. The van der Waals surface area contributed by atoms with Gasteiger partial charge in [-0.25, -0.2) is 0 Å². The summed E-state index contributed by atoms with van der Waals surface area (Å²) in [6.07, 6.45) is 0. The molecule has 2 aromatic carbocycles. The lowest BCUT2D eigenvalue weighted by atomic mass is 10.1. The molecule has 1 aliphatic rings. The van der Waals surface area contributed by atoms with Crippen molar-refractivity contribution in [3.8, 4) is 5.75 Å². The molecule has 5 nitrogen and oxygen atoms in total. The molecule has 3 rings (SSSR count). The van der Waals surface area contributed by atoms with Crippen molar-refractivity contribution in [1.29, 1.82) is 0 Å². The van der Waals surface area contributed by atoms with Gasteiger partial charge in [-0.05, 0) is 43.5 Å². The number of amides is 2. The lowest BCUT2D eigenvalue weighted by Crippen LogP contribution is -2.59. The van der Waals surface area contributed by atoms with Crippen LogP contribution < -0.4 is 4.74 Å². The van der Waals surface area contributed by atoms with E-state index in [1.165, 1.54) is 5.56 Å². The first-order valence-corrected chi connectivity index (χ1v) is 9.28. The molecule has 1 fully saturated rings. The Morgan fingerprint density at radius 3 is 2.52 bits per heavy atom. The van der Waals surface area contributed by atoms with Crippen LogP contribution in [0, 0.1) is 13.8 Å². The Labute approximate surface area is 160 Å². The summed E-state index contributed by atoms with van der Waals surface area (Å²) in [5.74, 6) is 0.761. The third kappa shape index (κ3) is 4.30. The highest BCUT2D eigenvalue weighted by molar-refractivity contribution is 5.94. The van der Waals surface area contributed by atoms with Crippen molar-refractivity contribution in [1.82, 2.24) is 9.80 Å². The van der Waals surface area contributed by atoms with Crippen molar-refractivity contribution in [2.75, 3.05) is 19.7 Å². The Morgan fingerprint density at radius 1 is 1.04 bits per heavy atom. The standard InChI is InChI=1S/C22H26N2O3/c1-16-8-7-11-20(17(16)2)27-13-12-24-18(3)22(26)23(15-21(24)25)14-19-9-5-4-6-10-19/h4-11,18H,12-15H2,1-3H3/t18-/m1/s1. The third-order valence-corrected chi connectivity index (χ3v) is 5.14. The first-order valence-electron chi connectivity index (χ1n) is 9.28. The van der Waals surface area contributed by atoms with E-state index in [0.29, 0.717) is 19.7 Å². The average Bonchev–Trinajstić information content (AvgIpc) is 2.66. The molecule has 5 heteroatoms. The summed E-state index contributed by atoms with van der Waals surface area (Å²) in [4.78, 5) is 28.5. The van der Waals surface area contributed by atoms with Gasteiger partial charge < -0.3 is 14.5 Å². The van der Waals surface area contributed by atoms with Crippen LogP contribution in [0.2, 0.25) is 0 Å². The molecular formula is C22H26N2O3. The minimum Gasteiger partial charge on any atom is -0.491 e. The van der Waals surface area contributed by atoms with Gasteiger partial charge >= 0.3 is 0 Å². The van der Waals surface area contributed by atoms with Crippen molar-refractivity contribution in [3.05, 3.63) is 65.2 Å². The lowest BCUT2D eigenvalue weighted by molar-refractivity contribution is -0.155. The second-order valence-corrected chi connectivity index (χ2v) is 6.99. The minimum atomic E-state index is -0.475. The predicted octanol–water partition coefficient (Wildman–Crippen LogP) is 2.94. The molecule has 1 aliphatic heterocycles. The smallest absolute Gasteiger partial charge is 0.245 e. The fourth-order valence-corrected chi connectivity index (χ4v) is 3.34. The van der Waals surface area contributed by atoms with E-state index >= 15 is 0 Å². The van der Waals surface area contributed by atoms with Gasteiger partial charge in [-0.2, -0.15) is 0 Å². The van der Waals surface area contributed by atoms with E-state index in [0.717, 1.165) is 16.9 Å². The van der Waals surface area contributed by atoms with E-state index in [2.05, 4.69) is 0 Å². The molecule has 0 aliphatic carbocycles. The zero-order valence-electron chi connectivity index (χ0n) is 16.1. The fourth-order valence-electron chi connectivity index (χ4n) is 3.34. The van der Waals surface area contributed by atoms with Crippen LogP contribution in [0.4, 0.5) is 0 Å². The molecule has 1 atom stereocenters. The Morgan fingerprint density at radius 2 is 1.78 bits per heavy atom. The maximum absolute atomic E-state index is 12.7. The maximum atomic E-state index is 12.7. The SMILES string of the molecule is Cc1cccc(OCCN2C(=O)CN(Cc3ccccc3)C(=O)[C@H]2C)c1C. The van der Waals surface area contributed by atoms with Crippen LogP contribution in [-0.2, 0) is 16.1 Å². The predicted molar refractivity (Wildman–Crippen MR) is 104 cm³/mol. The Kier molecular flexibility index (Phi) is 5.79. The van der Waals surface area contributed by atoms with Crippen molar-refractivity contribution >= 4 is 11.8 Å². The number of carbonyl (C=O) groups excluding carboxylic acids is 2. The highest BCUT2D eigenvalue weighted by Gasteiger charge is 2.36. The van der Waals surface area contributed by atoms with Crippen LogP contribution in [0.3, 0.4) is 0 Å². The molecular weight excluding hydrogens is 340 g/mol. The number of nitrogens with zero attached hydrogens (tertiary/aromatic N) is 2. The van der Waals surface area contributed by atoms with Gasteiger partial charge in [0.05, 0.1) is 6.54 Å². The number of aryl methyl sites for hydroxylation is 1. The number of hydrogen-bond acceptors (Lipinski definition) is 3. The van der Waals surface area contributed by atoms with E-state index < -0.39 is 6.04 Å². The monoisotopic (exact) mass is 366 g/mol. The zero-order valence-corrected chi connectivity index (χ0v) is 16.1. The molecule has 1 heterocycles. The molecule has 27 heavy (non-hydrogen) atoms. The van der Waals surface area contributed by atoms with Gasteiger partial charge in [0.25, 0.3) is 0 Å². The van der Waals surface area contributed by atoms with Crippen molar-refractivity contribution < 1.29 is 14.3 Å². The number of piperazine rings is 1. The second-order valence-electron chi connectivity index (χ2n) is 6.99. The van der Waals surface area contributed by atoms with Crippen molar-refractivity contribution in [2.24, 2.45) is 0 Å². The van der Waals surface area contributed by atoms with E-state index in [-0.39, 0.29) is 18.4 Å². The maximum Gasteiger partial charge on any atom is 0.245 e. The fraction of sp³-hybridized carbons (Fsp3) is 0.364. The zero-order chi connectivity index (χ0) is 19.4. The largest absolute Gasteiger partial charge is 0.491 e. The summed E-state index contributed by atoms with van der Waals surface area (Å²) in [6.45, 7) is 7.19. The summed E-state index contributed by atoms with van der Waals surface area (Å²) >= 11 is 0. The van der Waals surface area contributed by atoms with Crippen LogP contribution in [0.5, 0.6) is 5.75 Å². The summed E-state index contributed by atoms with van der Waals surface area (Å²) in [7, 11) is 0. The summed E-state index contributed by atoms with van der Waals surface area (Å²) in [6, 6.07) is 15.2. The molecule has 2 amide bonds. The van der Waals surface area contributed by atoms with Crippen LogP contribution in [-0.4, -0.2) is 47.4 Å². The number of benzene rings is 2. The minimum absolute atomic E-state index is 0.0230. The molecule has 0 spiro atoms. The van der Waals surface area contributed by atoms with Gasteiger partial charge in [-0.15, -0.1) is 0 Å². The number of hydrogen-bond donors (Lipinski definition) is 0. The van der Waals surface area contributed by atoms with E-state index in [1.54, 1.807) is 16.7 Å². The lowest BCUT2D eigenvalue weighted by Gasteiger charge is -2.38. The van der Waals surface area contributed by atoms with Gasteiger partial charge in [-0.1, -0.05) is 42.5 Å². The summed E-state index contributed by atoms with van der Waals surface area (Å²) in [5.41, 5.74) is 3.29. The van der Waals surface area contributed by atoms with E-state index in [9.17, 15) is 9.59 Å². The number of carbonyl (C=O) groups is 2. The summed E-state index contributed by atoms with van der Waals surface area (Å²) < 4.78 is 5.86. The van der Waals surface area contributed by atoms with Crippen molar-refractivity contribution in [2.45, 2.75) is 33.4 Å². The molecule has 0 bridgehead atoms. The molecule has 0 N–H and O–H groups in total. The molecule has 0 unspecified atom stereocenters. The van der Waals surface area contributed by atoms with Crippen molar-refractivity contribution in [3.63, 3.8) is 0 Å². The molecule has 142 valence electrons. The first-order chi connectivity index (χ1) is 13.0. The van der Waals surface area contributed by atoms with E-state index in [1.807, 2.05) is 62.4 Å². The highest BCUT2D eigenvalue weighted by atomic mass is 16.5. The van der Waals surface area contributed by atoms with Crippen LogP contribution >= 0.6 is 0 Å². The molecule has 1 saturated heterocycles. The third-order valence-electron chi connectivity index (χ3n) is 5.14. The number of ether oxygens (including phenoxy) is 1. The van der Waals surface area contributed by atoms with Gasteiger partial charge in [0.1, 0.15) is 24.9 Å². The second kappa shape index (κ2) is 8.25. The molecule has 0 aromatic heterocycles. The van der Waals surface area contributed by atoms with Gasteiger partial charge in [-0.3, -0.25) is 9.59 Å². The molecule has 0 radical (unpaired) electrons. The van der Waals surface area contributed by atoms with E-state index in [4.69, 9.17) is 4.74 Å². The molecule has 2 aromatic rings. The average molecular weight is 366 g/mol.